The number of pyridine rings is 2. The first-order valence-electron chi connectivity index (χ1n) is 17.6. The molecule has 1 N–H and O–H groups in total. The molecule has 0 fully saturated rings. The molecule has 2 heterocycles. The monoisotopic (exact) mass is 840 g/mol. The van der Waals surface area contributed by atoms with Gasteiger partial charge in [0.15, 0.2) is 0 Å². The molecule has 0 amide bonds. The summed E-state index contributed by atoms with van der Waals surface area (Å²) in [5.41, 5.74) is 4.46. The molecule has 0 spiro atoms. The summed E-state index contributed by atoms with van der Waals surface area (Å²) in [5, 5.41) is 3.29. The summed E-state index contributed by atoms with van der Waals surface area (Å²) in [6.45, 7) is 10.4. The second-order valence-electron chi connectivity index (χ2n) is 10.8. The Morgan fingerprint density at radius 2 is 0.818 bits per heavy atom. The van der Waals surface area contributed by atoms with Crippen LogP contribution in [-0.4, -0.2) is 31.1 Å². The third-order valence-corrected chi connectivity index (χ3v) is 11.1. The Morgan fingerprint density at radius 1 is 0.491 bits per heavy atom. The Labute approximate surface area is 341 Å². The summed E-state index contributed by atoms with van der Waals surface area (Å²) in [5.74, 6) is 0. The second kappa shape index (κ2) is 25.9. The summed E-state index contributed by atoms with van der Waals surface area (Å²) < 4.78 is 49.1. The Bertz CT molecular complexity index is 2070. The van der Waals surface area contributed by atoms with Crippen LogP contribution in [0.1, 0.15) is 49.9 Å². The molecular formula is C42H47Cl3N4O4S2. The summed E-state index contributed by atoms with van der Waals surface area (Å²) >= 11 is 11.5. The van der Waals surface area contributed by atoms with Crippen LogP contribution in [0.5, 0.6) is 0 Å². The minimum Gasteiger partial charge on any atom is -0.309 e. The van der Waals surface area contributed by atoms with Gasteiger partial charge < -0.3 is 5.32 Å². The molecule has 0 saturated carbocycles. The highest BCUT2D eigenvalue weighted by molar-refractivity contribution is 8.13. The number of halogens is 3. The quantitative estimate of drug-likeness (QED) is 0.102. The van der Waals surface area contributed by atoms with E-state index in [1.165, 1.54) is 46.0 Å². The molecule has 6 rings (SSSR count). The third kappa shape index (κ3) is 17.0. The van der Waals surface area contributed by atoms with E-state index >= 15 is 0 Å². The van der Waals surface area contributed by atoms with E-state index in [1.54, 1.807) is 6.07 Å². The molecule has 8 nitrogen and oxygen atoms in total. The molecule has 0 aliphatic rings. The molecule has 0 aliphatic carbocycles. The highest BCUT2D eigenvalue weighted by Gasteiger charge is 2.27. The lowest BCUT2D eigenvalue weighted by Gasteiger charge is -2.23. The van der Waals surface area contributed by atoms with Crippen LogP contribution in [-0.2, 0) is 45.3 Å². The number of hydrogen-bond donors (Lipinski definition) is 1. The maximum Gasteiger partial charge on any atom is 0.264 e. The molecule has 0 atom stereocenters. The van der Waals surface area contributed by atoms with Gasteiger partial charge in [-0.1, -0.05) is 172 Å². The zero-order valence-electron chi connectivity index (χ0n) is 31.3. The number of sulfonamides is 1. The first-order chi connectivity index (χ1) is 26.5. The minimum atomic E-state index is -3.79. The standard InChI is InChI=1S/C19H17ClN2O2S.C14H15N.C5H3Cl2NO2S.2C2H6/c20-19-18(12-7-13-21-19)25(23,24)22(14-16-8-3-1-4-9-16)15-17-10-5-2-6-11-17;1-3-7-13(8-4-1)11-15-12-14-9-5-2-6-10-14;6-5-4(11(7,9)10)2-1-3-8-5;2*1-2/h1-13H,14-15H2;1-10,15H,11-12H2;1-3H;2*1-2H3. The number of hydrogen-bond acceptors (Lipinski definition) is 7. The molecule has 292 valence electrons. The molecule has 0 saturated heterocycles. The van der Waals surface area contributed by atoms with E-state index in [0.29, 0.717) is 0 Å². The predicted octanol–water partition coefficient (Wildman–Crippen LogP) is 10.8. The molecular weight excluding hydrogens is 795 g/mol. The Morgan fingerprint density at radius 3 is 1.13 bits per heavy atom. The largest absolute Gasteiger partial charge is 0.309 e. The van der Waals surface area contributed by atoms with Crippen molar-refractivity contribution in [3.63, 3.8) is 0 Å². The number of aromatic nitrogens is 2. The van der Waals surface area contributed by atoms with Crippen LogP contribution < -0.4 is 5.32 Å². The Hall–Kier alpha value is -4.13. The topological polar surface area (TPSA) is 109 Å². The fraction of sp³-hybridized carbons (Fsp3) is 0.190. The van der Waals surface area contributed by atoms with Gasteiger partial charge in [-0.15, -0.1) is 0 Å². The molecule has 0 aliphatic heterocycles. The van der Waals surface area contributed by atoms with Crippen LogP contribution in [0, 0.1) is 0 Å². The maximum absolute atomic E-state index is 13.2. The van der Waals surface area contributed by atoms with E-state index in [2.05, 4.69) is 63.8 Å². The molecule has 2 aromatic heterocycles. The SMILES string of the molecule is CC.CC.O=S(=O)(Cl)c1cccnc1Cl.O=S(=O)(c1cccnc1Cl)N(Cc1ccccc1)Cc1ccccc1.c1ccc(CNCc2ccccc2)cc1. The second-order valence-corrected chi connectivity index (χ2v) is 16.0. The van der Waals surface area contributed by atoms with Crippen LogP contribution in [0.3, 0.4) is 0 Å². The minimum absolute atomic E-state index is 0.0172. The van der Waals surface area contributed by atoms with Gasteiger partial charge in [0.2, 0.25) is 10.0 Å². The van der Waals surface area contributed by atoms with Crippen LogP contribution in [0.4, 0.5) is 0 Å². The highest BCUT2D eigenvalue weighted by Crippen LogP contribution is 2.25. The number of rotatable bonds is 11. The molecule has 55 heavy (non-hydrogen) atoms. The van der Waals surface area contributed by atoms with E-state index in [1.807, 2.05) is 100 Å². The van der Waals surface area contributed by atoms with Crippen molar-refractivity contribution in [1.82, 2.24) is 19.6 Å². The van der Waals surface area contributed by atoms with E-state index in [9.17, 15) is 16.8 Å². The van der Waals surface area contributed by atoms with Gasteiger partial charge >= 0.3 is 0 Å². The van der Waals surface area contributed by atoms with Gasteiger partial charge in [-0.05, 0) is 46.5 Å². The van der Waals surface area contributed by atoms with E-state index in [-0.39, 0.29) is 33.2 Å². The average Bonchev–Trinajstić information content (AvgIpc) is 3.21. The van der Waals surface area contributed by atoms with E-state index in [0.717, 1.165) is 24.2 Å². The summed E-state index contributed by atoms with van der Waals surface area (Å²) in [6.07, 6.45) is 2.86. The summed E-state index contributed by atoms with van der Waals surface area (Å²) in [7, 11) is -2.53. The van der Waals surface area contributed by atoms with Crippen molar-refractivity contribution >= 4 is 53.0 Å². The van der Waals surface area contributed by atoms with Gasteiger partial charge in [0.05, 0.1) is 0 Å². The number of nitrogens with zero attached hydrogens (tertiary/aromatic N) is 3. The lowest BCUT2D eigenvalue weighted by atomic mass is 10.2. The summed E-state index contributed by atoms with van der Waals surface area (Å²) in [6, 6.07) is 45.7. The van der Waals surface area contributed by atoms with Gasteiger partial charge in [0.25, 0.3) is 9.05 Å². The lowest BCUT2D eigenvalue weighted by Crippen LogP contribution is -2.30. The van der Waals surface area contributed by atoms with Crippen molar-refractivity contribution in [2.75, 3.05) is 0 Å². The van der Waals surface area contributed by atoms with Crippen molar-refractivity contribution in [1.29, 1.82) is 0 Å². The van der Waals surface area contributed by atoms with Crippen molar-refractivity contribution in [3.8, 4) is 0 Å². The van der Waals surface area contributed by atoms with E-state index < -0.39 is 19.1 Å². The Balaban J connectivity index is 0.000000296. The average molecular weight is 842 g/mol. The van der Waals surface area contributed by atoms with Gasteiger partial charge in [-0.3, -0.25) is 0 Å². The zero-order valence-corrected chi connectivity index (χ0v) is 35.2. The van der Waals surface area contributed by atoms with Crippen molar-refractivity contribution in [2.24, 2.45) is 0 Å². The lowest BCUT2D eigenvalue weighted by molar-refractivity contribution is 0.401. The van der Waals surface area contributed by atoms with Crippen LogP contribution in [0.25, 0.3) is 0 Å². The first-order valence-corrected chi connectivity index (χ1v) is 22.1. The fourth-order valence-corrected chi connectivity index (χ4v) is 7.85. The van der Waals surface area contributed by atoms with Crippen LogP contribution in [0.15, 0.2) is 168 Å². The molecule has 0 unspecified atom stereocenters. The number of nitrogens with one attached hydrogen (secondary N) is 1. The van der Waals surface area contributed by atoms with Crippen LogP contribution >= 0.6 is 33.9 Å². The predicted molar refractivity (Wildman–Crippen MR) is 227 cm³/mol. The molecule has 6 aromatic rings. The third-order valence-electron chi connectivity index (χ3n) is 7.08. The van der Waals surface area contributed by atoms with Gasteiger partial charge in [0, 0.05) is 49.3 Å². The number of benzene rings is 4. The molecule has 0 radical (unpaired) electrons. The first kappa shape index (κ1) is 47.0. The smallest absolute Gasteiger partial charge is 0.264 e. The van der Waals surface area contributed by atoms with Crippen molar-refractivity contribution in [2.45, 2.75) is 63.7 Å². The zero-order chi connectivity index (χ0) is 40.5. The van der Waals surface area contributed by atoms with Crippen molar-refractivity contribution in [3.05, 3.63) is 191 Å². The maximum atomic E-state index is 13.2. The van der Waals surface area contributed by atoms with Gasteiger partial charge in [-0.25, -0.2) is 26.8 Å². The highest BCUT2D eigenvalue weighted by atomic mass is 35.7. The van der Waals surface area contributed by atoms with E-state index in [4.69, 9.17) is 33.9 Å². The molecule has 4 aromatic carbocycles. The molecule has 13 heteroatoms. The summed E-state index contributed by atoms with van der Waals surface area (Å²) in [4.78, 5) is 7.30. The Kier molecular flexibility index (Phi) is 22.1. The fourth-order valence-electron chi connectivity index (χ4n) is 4.60. The molecule has 0 bridgehead atoms. The van der Waals surface area contributed by atoms with Gasteiger partial charge in [-0.2, -0.15) is 4.31 Å². The normalized spacial score (nSPS) is 10.5. The van der Waals surface area contributed by atoms with Crippen molar-refractivity contribution < 1.29 is 16.8 Å². The van der Waals surface area contributed by atoms with Crippen LogP contribution in [0.2, 0.25) is 10.3 Å². The van der Waals surface area contributed by atoms with Gasteiger partial charge in [0.1, 0.15) is 20.1 Å².